The van der Waals surface area contributed by atoms with Gasteiger partial charge in [0.1, 0.15) is 0 Å². The predicted octanol–water partition coefficient (Wildman–Crippen LogP) is 7.72. The highest BCUT2D eigenvalue weighted by atomic mass is 30.2. The molecule has 4 aliphatic carbocycles. The lowest BCUT2D eigenvalue weighted by molar-refractivity contribution is 1.25. The molecule has 1 fully saturated rings. The first-order valence-electron chi connectivity index (χ1n) is 17.5. The molecule has 0 unspecified atom stereocenters. The topological polar surface area (TPSA) is 0 Å². The quantitative estimate of drug-likeness (QED) is 0.167. The average molecular weight is 681 g/mol. The molecule has 0 radical (unpaired) electrons. The molecule has 0 nitrogen and oxygen atoms in total. The molecule has 0 spiro atoms. The first-order chi connectivity index (χ1) is 23.8. The Kier molecular flexibility index (Phi) is 7.24. The fourth-order valence-electron chi connectivity index (χ4n) is 11.6. The van der Waals surface area contributed by atoms with Crippen LogP contribution < -0.4 is 20.7 Å². The third-order valence-corrected chi connectivity index (χ3v) is 95.1. The largest absolute Gasteiger partial charge is 0.0932 e. The van der Waals surface area contributed by atoms with Crippen molar-refractivity contribution in [2.75, 3.05) is 0 Å². The Balaban J connectivity index is 1.62. The fraction of sp³-hybridized carbons (Fsp3) is 0.0909. The summed E-state index contributed by atoms with van der Waals surface area (Å²) in [7, 11) is -10.6. The lowest BCUT2D eigenvalue weighted by Crippen LogP contribution is -3.19. The van der Waals surface area contributed by atoms with Crippen LogP contribution in [0.15, 0.2) is 219 Å². The SMILES string of the molecule is C1=CC([Si]2(c3ccccc3)[Si](c3ccccc3)(C3C=CC=C3)[Si](c3ccccc3)(C3C=CC=C3)[Si]2(c2ccccc2)C2C=CC=C2)C=C1. The summed E-state index contributed by atoms with van der Waals surface area (Å²) in [6, 6.07) is 48.6. The van der Waals surface area contributed by atoms with Gasteiger partial charge in [-0.25, -0.2) is 0 Å². The van der Waals surface area contributed by atoms with Gasteiger partial charge in [0, 0.05) is 0 Å². The van der Waals surface area contributed by atoms with Gasteiger partial charge in [0.05, 0.1) is 28.4 Å². The van der Waals surface area contributed by atoms with Crippen molar-refractivity contribution < 1.29 is 0 Å². The molecule has 4 heteroatoms. The minimum Gasteiger partial charge on any atom is -0.0805 e. The van der Waals surface area contributed by atoms with Crippen molar-refractivity contribution in [1.29, 1.82) is 0 Å². The zero-order valence-corrected chi connectivity index (χ0v) is 31.1. The van der Waals surface area contributed by atoms with Gasteiger partial charge in [-0.15, -0.1) is 0 Å². The van der Waals surface area contributed by atoms with Crippen LogP contribution >= 0.6 is 0 Å². The molecule has 4 aromatic carbocycles. The lowest BCUT2D eigenvalue weighted by atomic mass is 10.4. The zero-order chi connectivity index (χ0) is 32.1. The molecule has 232 valence electrons. The van der Waals surface area contributed by atoms with Gasteiger partial charge >= 0.3 is 0 Å². The van der Waals surface area contributed by atoms with E-state index in [1.807, 2.05) is 0 Å². The van der Waals surface area contributed by atoms with Crippen molar-refractivity contribution in [3.05, 3.63) is 219 Å². The van der Waals surface area contributed by atoms with Crippen LogP contribution in [0.3, 0.4) is 0 Å². The van der Waals surface area contributed by atoms with Gasteiger partial charge in [-0.05, 0) is 22.2 Å². The lowest BCUT2D eigenvalue weighted by Gasteiger charge is -2.84. The highest BCUT2D eigenvalue weighted by Crippen LogP contribution is 2.68. The van der Waals surface area contributed by atoms with E-state index < -0.39 is 28.4 Å². The molecular weight excluding hydrogens is 641 g/mol. The minimum absolute atomic E-state index is 0.419. The molecule has 9 rings (SSSR count). The second-order valence-corrected chi connectivity index (χ2v) is 50.2. The molecule has 1 saturated heterocycles. The summed E-state index contributed by atoms with van der Waals surface area (Å²) < 4.78 is 0. The average Bonchev–Trinajstić information content (AvgIpc) is 4.00. The van der Waals surface area contributed by atoms with Crippen LogP contribution in [0.2, 0.25) is 22.2 Å². The van der Waals surface area contributed by atoms with Crippen LogP contribution in [0.25, 0.3) is 0 Å². The van der Waals surface area contributed by atoms with Gasteiger partial charge in [0.2, 0.25) is 0 Å². The summed E-state index contributed by atoms with van der Waals surface area (Å²) >= 11 is 0. The maximum Gasteiger partial charge on any atom is 0.0932 e. The number of rotatable bonds is 8. The van der Waals surface area contributed by atoms with Crippen LogP contribution in [0.4, 0.5) is 0 Å². The molecule has 0 atom stereocenters. The normalized spacial score (nSPS) is 30.7. The molecular formula is C44H40Si4. The third-order valence-electron chi connectivity index (χ3n) is 12.4. The first-order valence-corrected chi connectivity index (χ1v) is 29.8. The van der Waals surface area contributed by atoms with Gasteiger partial charge in [0.25, 0.3) is 0 Å². The molecule has 0 bridgehead atoms. The number of allylic oxidation sites excluding steroid dienone is 16. The Morgan fingerprint density at radius 3 is 0.562 bits per heavy atom. The predicted molar refractivity (Wildman–Crippen MR) is 215 cm³/mol. The molecule has 0 aromatic heterocycles. The monoisotopic (exact) mass is 680 g/mol. The Morgan fingerprint density at radius 1 is 0.229 bits per heavy atom. The van der Waals surface area contributed by atoms with E-state index in [4.69, 9.17) is 0 Å². The maximum absolute atomic E-state index is 2.66. The summed E-state index contributed by atoms with van der Waals surface area (Å²) in [6.45, 7) is 0. The van der Waals surface area contributed by atoms with Crippen LogP contribution in [0, 0.1) is 0 Å². The van der Waals surface area contributed by atoms with Crippen molar-refractivity contribution >= 4 is 49.2 Å². The summed E-state index contributed by atoms with van der Waals surface area (Å²) in [5.41, 5.74) is 1.67. The third kappa shape index (κ3) is 3.53. The number of hydrogen-bond donors (Lipinski definition) is 0. The van der Waals surface area contributed by atoms with Crippen molar-refractivity contribution in [3.8, 4) is 0 Å². The van der Waals surface area contributed by atoms with Crippen LogP contribution in [-0.2, 0) is 0 Å². The van der Waals surface area contributed by atoms with Crippen molar-refractivity contribution in [2.24, 2.45) is 0 Å². The standard InChI is InChI=1S/C44H40Si4/c1-5-21-37(22-6-1)45(41-29-13-14-30-41)46(42-31-15-16-32-42,38-23-7-2-8-24-38)48(44-35-19-20-36-44,40-27-11-4-12-28-40)47(45,43-33-17-18-34-43)39-25-9-3-10-26-39/h1-36,41-44H. The van der Waals surface area contributed by atoms with Gasteiger partial charge in [-0.2, -0.15) is 0 Å². The summed E-state index contributed by atoms with van der Waals surface area (Å²) in [5, 5.41) is 6.74. The summed E-state index contributed by atoms with van der Waals surface area (Å²) in [4.78, 5) is 0. The van der Waals surface area contributed by atoms with Crippen LogP contribution in [0.5, 0.6) is 0 Å². The number of hydrogen-bond acceptors (Lipinski definition) is 0. The molecule has 0 saturated carbocycles. The molecule has 0 amide bonds. The Morgan fingerprint density at radius 2 is 0.396 bits per heavy atom. The molecule has 1 heterocycles. The molecule has 1 aliphatic heterocycles. The van der Waals surface area contributed by atoms with Gasteiger partial charge in [-0.3, -0.25) is 0 Å². The highest BCUT2D eigenvalue weighted by molar-refractivity contribution is 8.21. The van der Waals surface area contributed by atoms with Gasteiger partial charge in [-0.1, -0.05) is 239 Å². The van der Waals surface area contributed by atoms with E-state index in [-0.39, 0.29) is 0 Å². The van der Waals surface area contributed by atoms with E-state index in [9.17, 15) is 0 Å². The van der Waals surface area contributed by atoms with E-state index in [1.165, 1.54) is 0 Å². The van der Waals surface area contributed by atoms with E-state index in [0.29, 0.717) is 22.2 Å². The Labute approximate surface area is 288 Å². The van der Waals surface area contributed by atoms with Crippen molar-refractivity contribution in [3.63, 3.8) is 0 Å². The maximum atomic E-state index is 2.66. The summed E-state index contributed by atoms with van der Waals surface area (Å²) in [6.07, 6.45) is 40.3. The Hall–Kier alpha value is -4.33. The smallest absolute Gasteiger partial charge is 0.0805 e. The first kappa shape index (κ1) is 29.8. The van der Waals surface area contributed by atoms with Crippen LogP contribution in [0.1, 0.15) is 0 Å². The summed E-state index contributed by atoms with van der Waals surface area (Å²) in [5.74, 6) is 0. The zero-order valence-electron chi connectivity index (χ0n) is 27.1. The molecule has 48 heavy (non-hydrogen) atoms. The van der Waals surface area contributed by atoms with Crippen molar-refractivity contribution in [1.82, 2.24) is 0 Å². The molecule has 5 aliphatic rings. The van der Waals surface area contributed by atoms with Gasteiger partial charge in [0.15, 0.2) is 0 Å². The van der Waals surface area contributed by atoms with Crippen LogP contribution in [-0.4, -0.2) is 28.4 Å². The Bertz CT molecular complexity index is 1690. The highest BCUT2D eigenvalue weighted by Gasteiger charge is 2.96. The fourth-order valence-corrected chi connectivity index (χ4v) is 145. The van der Waals surface area contributed by atoms with E-state index >= 15 is 0 Å². The van der Waals surface area contributed by atoms with E-state index in [2.05, 4.69) is 219 Å². The van der Waals surface area contributed by atoms with E-state index in [0.717, 1.165) is 0 Å². The second kappa shape index (κ2) is 11.7. The molecule has 0 N–H and O–H groups in total. The van der Waals surface area contributed by atoms with Crippen molar-refractivity contribution in [2.45, 2.75) is 22.2 Å². The second-order valence-electron chi connectivity index (χ2n) is 13.9. The van der Waals surface area contributed by atoms with E-state index in [1.54, 1.807) is 20.7 Å². The molecule has 4 aromatic rings. The number of benzene rings is 4. The van der Waals surface area contributed by atoms with Gasteiger partial charge < -0.3 is 0 Å². The minimum atomic E-state index is -2.65.